The maximum absolute atomic E-state index is 2.61. The molecule has 0 saturated heterocycles. The molecular weight excluding hydrogens is 326 g/mol. The molecule has 3 aromatic carbocycles. The second-order valence-corrected chi connectivity index (χ2v) is 8.15. The largest absolute Gasteiger partial charge is 0.357 e. The highest BCUT2D eigenvalue weighted by molar-refractivity contribution is 5.92. The number of anilines is 1. The minimum absolute atomic E-state index is 0.131. The van der Waals surface area contributed by atoms with Crippen molar-refractivity contribution >= 4 is 11.3 Å². The quantitative estimate of drug-likeness (QED) is 0.545. The number of benzene rings is 3. The number of aryl methyl sites for hydroxylation is 2. The molecule has 1 atom stereocenters. The molecule has 0 fully saturated rings. The molecule has 0 aromatic heterocycles. The van der Waals surface area contributed by atoms with Crippen molar-refractivity contribution in [2.75, 3.05) is 11.4 Å². The van der Waals surface area contributed by atoms with Gasteiger partial charge in [-0.05, 0) is 55.5 Å². The first-order chi connectivity index (χ1) is 13.1. The van der Waals surface area contributed by atoms with E-state index in [2.05, 4.69) is 98.5 Å². The topological polar surface area (TPSA) is 3.24 Å². The first-order valence-corrected chi connectivity index (χ1v) is 9.83. The summed E-state index contributed by atoms with van der Waals surface area (Å²) in [6.45, 7) is 7.76. The van der Waals surface area contributed by atoms with Gasteiger partial charge < -0.3 is 4.90 Å². The minimum Gasteiger partial charge on any atom is -0.357 e. The molecule has 2 aliphatic heterocycles. The highest BCUT2D eigenvalue weighted by atomic mass is 15.2. The number of para-hydroxylation sites is 1. The average molecular weight is 351 g/mol. The summed E-state index contributed by atoms with van der Waals surface area (Å²) in [5, 5.41) is 0. The van der Waals surface area contributed by atoms with Gasteiger partial charge in [-0.15, -0.1) is 0 Å². The molecule has 27 heavy (non-hydrogen) atoms. The van der Waals surface area contributed by atoms with Crippen molar-refractivity contribution in [3.05, 3.63) is 106 Å². The van der Waals surface area contributed by atoms with E-state index in [9.17, 15) is 0 Å². The molecule has 1 unspecified atom stereocenters. The van der Waals surface area contributed by atoms with Gasteiger partial charge in [-0.25, -0.2) is 0 Å². The monoisotopic (exact) mass is 351 g/mol. The molecule has 134 valence electrons. The Morgan fingerprint density at radius 3 is 2.19 bits per heavy atom. The van der Waals surface area contributed by atoms with E-state index in [1.807, 2.05) is 0 Å². The number of hydrogen-bond donors (Lipinski definition) is 0. The van der Waals surface area contributed by atoms with Crippen molar-refractivity contribution in [3.63, 3.8) is 0 Å². The van der Waals surface area contributed by atoms with Crippen LogP contribution in [-0.4, -0.2) is 6.54 Å². The van der Waals surface area contributed by atoms with E-state index in [0.29, 0.717) is 0 Å². The van der Waals surface area contributed by atoms with Crippen LogP contribution in [-0.2, 0) is 12.0 Å². The molecule has 1 heteroatoms. The van der Waals surface area contributed by atoms with Crippen LogP contribution in [0.1, 0.15) is 40.3 Å². The Labute approximate surface area is 162 Å². The van der Waals surface area contributed by atoms with E-state index in [0.717, 1.165) is 13.0 Å². The van der Waals surface area contributed by atoms with E-state index in [1.165, 1.54) is 44.6 Å². The smallest absolute Gasteiger partial charge is 0.0818 e. The van der Waals surface area contributed by atoms with Crippen molar-refractivity contribution in [2.24, 2.45) is 0 Å². The molecule has 3 aromatic rings. The molecule has 0 spiro atoms. The van der Waals surface area contributed by atoms with E-state index >= 15 is 0 Å². The Balaban J connectivity index is 1.77. The van der Waals surface area contributed by atoms with Gasteiger partial charge in [-0.1, -0.05) is 77.9 Å². The lowest BCUT2D eigenvalue weighted by molar-refractivity contribution is 0.551. The van der Waals surface area contributed by atoms with Crippen LogP contribution in [0.15, 0.2) is 72.8 Å². The van der Waals surface area contributed by atoms with Crippen LogP contribution in [0.2, 0.25) is 0 Å². The third-order valence-electron chi connectivity index (χ3n) is 6.27. The van der Waals surface area contributed by atoms with Crippen LogP contribution in [0, 0.1) is 13.8 Å². The average Bonchev–Trinajstić information content (AvgIpc) is 3.12. The lowest BCUT2D eigenvalue weighted by Gasteiger charge is -2.44. The molecule has 5 rings (SSSR count). The van der Waals surface area contributed by atoms with Gasteiger partial charge in [0, 0.05) is 17.8 Å². The van der Waals surface area contributed by atoms with Crippen LogP contribution in [0.25, 0.3) is 5.57 Å². The number of nitrogens with zero attached hydrogens (tertiary/aromatic N) is 1. The van der Waals surface area contributed by atoms with Crippen molar-refractivity contribution < 1.29 is 0 Å². The normalized spacial score (nSPS) is 20.4. The predicted octanol–water partition coefficient (Wildman–Crippen LogP) is 6.03. The zero-order chi connectivity index (χ0) is 18.6. The van der Waals surface area contributed by atoms with Gasteiger partial charge in [0.1, 0.15) is 0 Å². The highest BCUT2D eigenvalue weighted by Gasteiger charge is 2.41. The first-order valence-electron chi connectivity index (χ1n) is 9.83. The van der Waals surface area contributed by atoms with Crippen LogP contribution in [0.5, 0.6) is 0 Å². The van der Waals surface area contributed by atoms with Crippen LogP contribution in [0.3, 0.4) is 0 Å². The lowest BCUT2D eigenvalue weighted by atomic mass is 9.80. The molecule has 2 heterocycles. The van der Waals surface area contributed by atoms with Gasteiger partial charge in [-0.2, -0.15) is 0 Å². The van der Waals surface area contributed by atoms with Crippen LogP contribution >= 0.6 is 0 Å². The maximum atomic E-state index is 2.61. The molecule has 1 nitrogen and oxygen atoms in total. The van der Waals surface area contributed by atoms with Gasteiger partial charge in [0.25, 0.3) is 0 Å². The molecule has 0 N–H and O–H groups in total. The predicted molar refractivity (Wildman–Crippen MR) is 114 cm³/mol. The van der Waals surface area contributed by atoms with Gasteiger partial charge in [-0.3, -0.25) is 0 Å². The Morgan fingerprint density at radius 1 is 0.815 bits per heavy atom. The summed E-state index contributed by atoms with van der Waals surface area (Å²) in [6.07, 6.45) is 3.61. The summed E-state index contributed by atoms with van der Waals surface area (Å²) in [7, 11) is 0. The summed E-state index contributed by atoms with van der Waals surface area (Å²) in [4.78, 5) is 2.61. The molecule has 0 saturated carbocycles. The Morgan fingerprint density at radius 2 is 1.48 bits per heavy atom. The molecule has 0 amide bonds. The Bertz CT molecular complexity index is 1040. The Hall–Kier alpha value is -2.80. The fourth-order valence-electron chi connectivity index (χ4n) is 4.68. The van der Waals surface area contributed by atoms with E-state index in [4.69, 9.17) is 0 Å². The van der Waals surface area contributed by atoms with Crippen molar-refractivity contribution in [3.8, 4) is 0 Å². The molecule has 2 aliphatic rings. The van der Waals surface area contributed by atoms with Crippen LogP contribution in [0.4, 0.5) is 5.69 Å². The van der Waals surface area contributed by atoms with Crippen molar-refractivity contribution in [1.29, 1.82) is 0 Å². The van der Waals surface area contributed by atoms with Gasteiger partial charge in [0.05, 0.1) is 5.54 Å². The fourth-order valence-corrected chi connectivity index (χ4v) is 4.68. The van der Waals surface area contributed by atoms with E-state index in [-0.39, 0.29) is 5.54 Å². The van der Waals surface area contributed by atoms with Crippen LogP contribution < -0.4 is 4.90 Å². The summed E-state index contributed by atoms with van der Waals surface area (Å²) in [5.41, 5.74) is 10.8. The zero-order valence-electron chi connectivity index (χ0n) is 16.3. The number of hydrogen-bond acceptors (Lipinski definition) is 1. The molecule has 0 bridgehead atoms. The third-order valence-corrected chi connectivity index (χ3v) is 6.27. The van der Waals surface area contributed by atoms with Gasteiger partial charge in [0.2, 0.25) is 0 Å². The molecule has 0 aliphatic carbocycles. The molecule has 0 radical (unpaired) electrons. The SMILES string of the molecule is Cc1ccc(C2=CC(C)(c3ccc(C)cc3)N3CCc4cccc2c43)cc1. The molecular formula is C26H25N. The third kappa shape index (κ3) is 2.45. The standard InChI is InChI=1S/C26H25N/c1-18-7-11-20(12-8-18)24-17-26(3,22-13-9-19(2)10-14-22)27-16-15-21-5-4-6-23(24)25(21)27/h4-14,17H,15-16H2,1-3H3. The van der Waals surface area contributed by atoms with E-state index < -0.39 is 0 Å². The zero-order valence-corrected chi connectivity index (χ0v) is 16.3. The Kier molecular flexibility index (Phi) is 3.55. The summed E-state index contributed by atoms with van der Waals surface area (Å²) < 4.78 is 0. The summed E-state index contributed by atoms with van der Waals surface area (Å²) >= 11 is 0. The minimum atomic E-state index is -0.131. The summed E-state index contributed by atoms with van der Waals surface area (Å²) in [6, 6.07) is 24.8. The highest BCUT2D eigenvalue weighted by Crippen LogP contribution is 2.50. The van der Waals surface area contributed by atoms with Crippen molar-refractivity contribution in [1.82, 2.24) is 0 Å². The van der Waals surface area contributed by atoms with Gasteiger partial charge >= 0.3 is 0 Å². The van der Waals surface area contributed by atoms with Gasteiger partial charge in [0.15, 0.2) is 0 Å². The first kappa shape index (κ1) is 16.4. The van der Waals surface area contributed by atoms with E-state index in [1.54, 1.807) is 0 Å². The second-order valence-electron chi connectivity index (χ2n) is 8.15. The summed E-state index contributed by atoms with van der Waals surface area (Å²) in [5.74, 6) is 0. The fraction of sp³-hybridized carbons (Fsp3) is 0.231. The number of rotatable bonds is 2. The second kappa shape index (κ2) is 5.85. The van der Waals surface area contributed by atoms with Crippen molar-refractivity contribution in [2.45, 2.75) is 32.7 Å². The lowest BCUT2D eigenvalue weighted by Crippen LogP contribution is -2.44. The maximum Gasteiger partial charge on any atom is 0.0818 e.